The Morgan fingerprint density at radius 3 is 2.79 bits per heavy atom. The molecule has 14 heavy (non-hydrogen) atoms. The number of carbonyl (C=O) groups excluding carboxylic acids is 1. The van der Waals surface area contributed by atoms with Gasteiger partial charge >= 0.3 is 0 Å². The number of fused-ring (bicyclic) bond motifs is 1. The Balaban J connectivity index is 2.50. The number of hydrogen-bond donors (Lipinski definition) is 0. The molecule has 2 nitrogen and oxygen atoms in total. The van der Waals surface area contributed by atoms with Crippen molar-refractivity contribution in [3.05, 3.63) is 35.2 Å². The SMILES string of the molecule is CC(C(=O)[O-])c1cc2ccccc2s1. The van der Waals surface area contributed by atoms with Crippen molar-refractivity contribution < 1.29 is 9.90 Å². The van der Waals surface area contributed by atoms with Crippen LogP contribution >= 0.6 is 11.3 Å². The number of carboxylic acids is 1. The van der Waals surface area contributed by atoms with Crippen molar-refractivity contribution in [3.8, 4) is 0 Å². The molecule has 0 spiro atoms. The van der Waals surface area contributed by atoms with E-state index in [9.17, 15) is 9.90 Å². The van der Waals surface area contributed by atoms with Crippen molar-refractivity contribution in [1.82, 2.24) is 0 Å². The van der Waals surface area contributed by atoms with E-state index in [1.807, 2.05) is 30.3 Å². The Hall–Kier alpha value is -1.35. The van der Waals surface area contributed by atoms with Crippen LogP contribution in [0.15, 0.2) is 30.3 Å². The first-order valence-corrected chi connectivity index (χ1v) is 5.19. The van der Waals surface area contributed by atoms with Gasteiger partial charge in [0.05, 0.1) is 0 Å². The van der Waals surface area contributed by atoms with Gasteiger partial charge in [-0.25, -0.2) is 0 Å². The lowest BCUT2D eigenvalue weighted by molar-refractivity contribution is -0.307. The number of rotatable bonds is 2. The summed E-state index contributed by atoms with van der Waals surface area (Å²) in [4.78, 5) is 11.5. The quantitative estimate of drug-likeness (QED) is 0.749. The number of hydrogen-bond acceptors (Lipinski definition) is 3. The Bertz CT molecular complexity index is 440. The molecule has 0 amide bonds. The third kappa shape index (κ3) is 1.51. The first-order valence-electron chi connectivity index (χ1n) is 4.38. The molecule has 1 heterocycles. The molecule has 1 atom stereocenters. The summed E-state index contributed by atoms with van der Waals surface area (Å²) < 4.78 is 1.12. The van der Waals surface area contributed by atoms with Gasteiger partial charge in [-0.3, -0.25) is 0 Å². The molecule has 3 heteroatoms. The molecule has 0 aliphatic carbocycles. The predicted octanol–water partition coefficient (Wildman–Crippen LogP) is 1.75. The zero-order chi connectivity index (χ0) is 10.1. The van der Waals surface area contributed by atoms with E-state index in [1.54, 1.807) is 6.92 Å². The zero-order valence-corrected chi connectivity index (χ0v) is 8.51. The minimum Gasteiger partial charge on any atom is -0.549 e. The van der Waals surface area contributed by atoms with Crippen LogP contribution in [0, 0.1) is 0 Å². The van der Waals surface area contributed by atoms with Crippen LogP contribution in [0.2, 0.25) is 0 Å². The molecule has 1 aromatic carbocycles. The smallest absolute Gasteiger partial charge is 0.0494 e. The fourth-order valence-corrected chi connectivity index (χ4v) is 2.44. The molecule has 0 bridgehead atoms. The summed E-state index contributed by atoms with van der Waals surface area (Å²) in [5.41, 5.74) is 0. The second-order valence-electron chi connectivity index (χ2n) is 3.23. The third-order valence-electron chi connectivity index (χ3n) is 2.22. The van der Waals surface area contributed by atoms with E-state index in [0.717, 1.165) is 15.0 Å². The van der Waals surface area contributed by atoms with Gasteiger partial charge in [-0.15, -0.1) is 11.3 Å². The molecule has 0 aliphatic heterocycles. The van der Waals surface area contributed by atoms with Crippen molar-refractivity contribution in [2.75, 3.05) is 0 Å². The Morgan fingerprint density at radius 2 is 2.14 bits per heavy atom. The lowest BCUT2D eigenvalue weighted by Gasteiger charge is -2.08. The summed E-state index contributed by atoms with van der Waals surface area (Å²) in [7, 11) is 0. The molecule has 0 saturated carbocycles. The standard InChI is InChI=1S/C11H10O2S/c1-7(11(12)13)10-6-8-4-2-3-5-9(8)14-10/h2-7H,1H3,(H,12,13)/p-1. The summed E-state index contributed by atoms with van der Waals surface area (Å²) in [6.07, 6.45) is 0. The van der Waals surface area contributed by atoms with Crippen molar-refractivity contribution in [2.24, 2.45) is 0 Å². The summed E-state index contributed by atoms with van der Waals surface area (Å²) in [5, 5.41) is 11.8. The van der Waals surface area contributed by atoms with Gasteiger partial charge in [0.15, 0.2) is 0 Å². The van der Waals surface area contributed by atoms with Gasteiger partial charge < -0.3 is 9.90 Å². The highest BCUT2D eigenvalue weighted by Gasteiger charge is 2.09. The number of thiophene rings is 1. The fourth-order valence-electron chi connectivity index (χ4n) is 1.33. The zero-order valence-electron chi connectivity index (χ0n) is 7.69. The second-order valence-corrected chi connectivity index (χ2v) is 4.34. The summed E-state index contributed by atoms with van der Waals surface area (Å²) in [5.74, 6) is -1.54. The highest BCUT2D eigenvalue weighted by atomic mass is 32.1. The highest BCUT2D eigenvalue weighted by Crippen LogP contribution is 2.30. The van der Waals surface area contributed by atoms with Crippen LogP contribution in [0.5, 0.6) is 0 Å². The molecule has 1 aromatic heterocycles. The molecular weight excluding hydrogens is 196 g/mol. The minimum atomic E-state index is -1.02. The van der Waals surface area contributed by atoms with Crippen LogP contribution in [0.25, 0.3) is 10.1 Å². The normalized spacial score (nSPS) is 12.9. The van der Waals surface area contributed by atoms with Gasteiger partial charge in [0.25, 0.3) is 0 Å². The predicted molar refractivity (Wildman–Crippen MR) is 55.2 cm³/mol. The van der Waals surface area contributed by atoms with Gasteiger partial charge in [-0.1, -0.05) is 25.1 Å². The minimum absolute atomic E-state index is 0.521. The summed E-state index contributed by atoms with van der Waals surface area (Å²) >= 11 is 1.51. The average Bonchev–Trinajstić information content (AvgIpc) is 2.59. The van der Waals surface area contributed by atoms with E-state index in [2.05, 4.69) is 0 Å². The number of benzene rings is 1. The number of aliphatic carboxylic acids is 1. The Morgan fingerprint density at radius 1 is 1.43 bits per heavy atom. The summed E-state index contributed by atoms with van der Waals surface area (Å²) in [6, 6.07) is 9.79. The Labute approximate surface area is 85.8 Å². The number of carbonyl (C=O) groups is 1. The van der Waals surface area contributed by atoms with Crippen LogP contribution < -0.4 is 5.11 Å². The van der Waals surface area contributed by atoms with Gasteiger partial charge in [0, 0.05) is 21.5 Å². The maximum absolute atomic E-state index is 10.7. The van der Waals surface area contributed by atoms with E-state index in [0.29, 0.717) is 0 Å². The van der Waals surface area contributed by atoms with E-state index in [-0.39, 0.29) is 0 Å². The molecule has 0 radical (unpaired) electrons. The third-order valence-corrected chi connectivity index (χ3v) is 3.52. The van der Waals surface area contributed by atoms with Crippen LogP contribution in [0.1, 0.15) is 17.7 Å². The first-order chi connectivity index (χ1) is 6.68. The van der Waals surface area contributed by atoms with E-state index in [4.69, 9.17) is 0 Å². The second kappa shape index (κ2) is 3.42. The van der Waals surface area contributed by atoms with Gasteiger partial charge in [-0.05, 0) is 17.5 Å². The maximum atomic E-state index is 10.7. The molecule has 0 fully saturated rings. The topological polar surface area (TPSA) is 40.1 Å². The molecule has 0 aliphatic rings. The molecule has 2 rings (SSSR count). The van der Waals surface area contributed by atoms with Crippen molar-refractivity contribution in [1.29, 1.82) is 0 Å². The van der Waals surface area contributed by atoms with Gasteiger partial charge in [-0.2, -0.15) is 0 Å². The monoisotopic (exact) mass is 205 g/mol. The number of carboxylic acid groups (broad SMARTS) is 1. The lowest BCUT2D eigenvalue weighted by Crippen LogP contribution is -2.27. The van der Waals surface area contributed by atoms with E-state index < -0.39 is 11.9 Å². The van der Waals surface area contributed by atoms with Crippen LogP contribution in [0.4, 0.5) is 0 Å². The molecule has 0 N–H and O–H groups in total. The van der Waals surface area contributed by atoms with Crippen LogP contribution in [0.3, 0.4) is 0 Å². The van der Waals surface area contributed by atoms with E-state index >= 15 is 0 Å². The Kier molecular flexibility index (Phi) is 2.25. The molecule has 1 unspecified atom stereocenters. The highest BCUT2D eigenvalue weighted by molar-refractivity contribution is 7.19. The van der Waals surface area contributed by atoms with Gasteiger partial charge in [0.2, 0.25) is 0 Å². The molecule has 2 aromatic rings. The van der Waals surface area contributed by atoms with Crippen molar-refractivity contribution in [3.63, 3.8) is 0 Å². The van der Waals surface area contributed by atoms with Crippen LogP contribution in [-0.4, -0.2) is 5.97 Å². The fraction of sp³-hybridized carbons (Fsp3) is 0.182. The molecular formula is C11H9O2S-. The maximum Gasteiger partial charge on any atom is 0.0494 e. The first kappa shape index (κ1) is 9.21. The average molecular weight is 205 g/mol. The van der Waals surface area contributed by atoms with Crippen molar-refractivity contribution in [2.45, 2.75) is 12.8 Å². The largest absolute Gasteiger partial charge is 0.549 e. The van der Waals surface area contributed by atoms with Crippen molar-refractivity contribution >= 4 is 27.4 Å². The van der Waals surface area contributed by atoms with Gasteiger partial charge in [0.1, 0.15) is 0 Å². The molecule has 72 valence electrons. The summed E-state index contributed by atoms with van der Waals surface area (Å²) in [6.45, 7) is 1.65. The lowest BCUT2D eigenvalue weighted by atomic mass is 10.1. The van der Waals surface area contributed by atoms with E-state index in [1.165, 1.54) is 11.3 Å². The molecule has 0 saturated heterocycles. The van der Waals surface area contributed by atoms with Crippen LogP contribution in [-0.2, 0) is 4.79 Å².